The zero-order valence-corrected chi connectivity index (χ0v) is 12.9. The molecule has 1 aliphatic carbocycles. The Morgan fingerprint density at radius 1 is 1.48 bits per heavy atom. The lowest BCUT2D eigenvalue weighted by Crippen LogP contribution is -2.29. The molecule has 1 aliphatic rings. The highest BCUT2D eigenvalue weighted by molar-refractivity contribution is 6.30. The fourth-order valence-corrected chi connectivity index (χ4v) is 2.66. The highest BCUT2D eigenvalue weighted by Crippen LogP contribution is 2.22. The second-order valence-corrected chi connectivity index (χ2v) is 5.85. The summed E-state index contributed by atoms with van der Waals surface area (Å²) in [6.07, 6.45) is 5.27. The van der Waals surface area contributed by atoms with E-state index in [-0.39, 0.29) is 5.56 Å². The summed E-state index contributed by atoms with van der Waals surface area (Å²) in [7, 11) is 1.78. The number of hydrogen-bond donors (Lipinski definition) is 1. The predicted molar refractivity (Wildman–Crippen MR) is 81.8 cm³/mol. The van der Waals surface area contributed by atoms with Crippen molar-refractivity contribution in [3.63, 3.8) is 0 Å². The van der Waals surface area contributed by atoms with Gasteiger partial charge in [0.15, 0.2) is 0 Å². The molecular formula is C14H18ClN5O. The van der Waals surface area contributed by atoms with Crippen molar-refractivity contribution < 1.29 is 0 Å². The fraction of sp³-hybridized carbons (Fsp3) is 0.500. The lowest BCUT2D eigenvalue weighted by atomic mass is 9.93. The number of hydrogen-bond acceptors (Lipinski definition) is 4. The summed E-state index contributed by atoms with van der Waals surface area (Å²) >= 11 is 6.19. The van der Waals surface area contributed by atoms with Crippen molar-refractivity contribution >= 4 is 17.3 Å². The van der Waals surface area contributed by atoms with Crippen molar-refractivity contribution in [2.45, 2.75) is 38.8 Å². The lowest BCUT2D eigenvalue weighted by molar-refractivity contribution is 0.445. The molecule has 6 nitrogen and oxygen atoms in total. The molecule has 0 saturated heterocycles. The van der Waals surface area contributed by atoms with E-state index in [1.54, 1.807) is 24.0 Å². The van der Waals surface area contributed by atoms with Gasteiger partial charge in [0.2, 0.25) is 0 Å². The molecule has 2 aromatic heterocycles. The fourth-order valence-electron chi connectivity index (χ4n) is 2.42. The van der Waals surface area contributed by atoms with Gasteiger partial charge in [0.1, 0.15) is 5.15 Å². The Kier molecular flexibility index (Phi) is 3.71. The molecule has 0 aliphatic heterocycles. The van der Waals surface area contributed by atoms with Crippen LogP contribution in [0.5, 0.6) is 0 Å². The van der Waals surface area contributed by atoms with Crippen molar-refractivity contribution in [2.24, 2.45) is 7.05 Å². The minimum Gasteiger partial charge on any atom is -0.381 e. The number of nitrogens with one attached hydrogen (secondary N) is 1. The van der Waals surface area contributed by atoms with Crippen LogP contribution >= 0.6 is 11.6 Å². The molecule has 0 radical (unpaired) electrons. The zero-order valence-electron chi connectivity index (χ0n) is 12.1. The van der Waals surface area contributed by atoms with Gasteiger partial charge < -0.3 is 5.32 Å². The molecule has 2 heterocycles. The largest absolute Gasteiger partial charge is 0.381 e. The standard InChI is InChI=1S/C14H18ClN5O/c1-9-12(14(15)19(2)18-9)8-20-13(21)6-11(7-16-20)17-10-4-3-5-10/h6-7,10,17H,3-5,8H2,1-2H3. The van der Waals surface area contributed by atoms with E-state index in [4.69, 9.17) is 11.6 Å². The second kappa shape index (κ2) is 5.52. The molecule has 0 bridgehead atoms. The van der Waals surface area contributed by atoms with Crippen molar-refractivity contribution in [3.05, 3.63) is 39.0 Å². The van der Waals surface area contributed by atoms with E-state index in [2.05, 4.69) is 15.5 Å². The molecule has 112 valence electrons. The minimum absolute atomic E-state index is 0.140. The van der Waals surface area contributed by atoms with Crippen LogP contribution in [0.15, 0.2) is 17.1 Å². The number of halogens is 1. The smallest absolute Gasteiger partial charge is 0.269 e. The van der Waals surface area contributed by atoms with Gasteiger partial charge in [-0.3, -0.25) is 9.48 Å². The molecule has 1 saturated carbocycles. The monoisotopic (exact) mass is 307 g/mol. The molecule has 0 unspecified atom stereocenters. The summed E-state index contributed by atoms with van der Waals surface area (Å²) in [5, 5.41) is 12.3. The maximum Gasteiger partial charge on any atom is 0.269 e. The Morgan fingerprint density at radius 3 is 2.76 bits per heavy atom. The van der Waals surface area contributed by atoms with E-state index in [1.165, 1.54) is 11.1 Å². The van der Waals surface area contributed by atoms with E-state index in [0.29, 0.717) is 17.7 Å². The van der Waals surface area contributed by atoms with Gasteiger partial charge >= 0.3 is 0 Å². The topological polar surface area (TPSA) is 64.7 Å². The van der Waals surface area contributed by atoms with Crippen LogP contribution in [0.1, 0.15) is 30.5 Å². The van der Waals surface area contributed by atoms with Gasteiger partial charge in [-0.2, -0.15) is 10.2 Å². The summed E-state index contributed by atoms with van der Waals surface area (Å²) in [6.45, 7) is 2.21. The summed E-state index contributed by atoms with van der Waals surface area (Å²) in [5.41, 5.74) is 2.29. The molecule has 0 atom stereocenters. The number of nitrogens with zero attached hydrogens (tertiary/aromatic N) is 4. The predicted octanol–water partition coefficient (Wildman–Crippen LogP) is 1.95. The van der Waals surface area contributed by atoms with Crippen LogP contribution in [0.3, 0.4) is 0 Å². The van der Waals surface area contributed by atoms with Crippen molar-refractivity contribution in [1.82, 2.24) is 19.6 Å². The molecule has 3 rings (SSSR count). The third-order valence-corrected chi connectivity index (χ3v) is 4.40. The van der Waals surface area contributed by atoms with Gasteiger partial charge in [-0.1, -0.05) is 11.6 Å². The van der Waals surface area contributed by atoms with Gasteiger partial charge in [-0.25, -0.2) is 4.68 Å². The van der Waals surface area contributed by atoms with E-state index < -0.39 is 0 Å². The van der Waals surface area contributed by atoms with Gasteiger partial charge in [0.05, 0.1) is 24.1 Å². The molecule has 0 aromatic carbocycles. The molecule has 7 heteroatoms. The Bertz CT molecular complexity index is 717. The van der Waals surface area contributed by atoms with E-state index >= 15 is 0 Å². The maximum atomic E-state index is 12.2. The number of aromatic nitrogens is 4. The SMILES string of the molecule is Cc1nn(C)c(Cl)c1Cn1ncc(NC2CCC2)cc1=O. The van der Waals surface area contributed by atoms with E-state index in [9.17, 15) is 4.79 Å². The quantitative estimate of drug-likeness (QED) is 0.937. The number of rotatable bonds is 4. The first kappa shape index (κ1) is 14.1. The van der Waals surface area contributed by atoms with Gasteiger partial charge in [0.25, 0.3) is 5.56 Å². The van der Waals surface area contributed by atoms with Crippen molar-refractivity contribution in [3.8, 4) is 0 Å². The normalized spacial score (nSPS) is 15.0. The number of anilines is 1. The summed E-state index contributed by atoms with van der Waals surface area (Å²) < 4.78 is 3.01. The van der Waals surface area contributed by atoms with Crippen LogP contribution in [0, 0.1) is 6.92 Å². The average molecular weight is 308 g/mol. The first-order valence-electron chi connectivity index (χ1n) is 7.06. The van der Waals surface area contributed by atoms with Crippen LogP contribution in [0.4, 0.5) is 5.69 Å². The molecule has 0 spiro atoms. The average Bonchev–Trinajstić information content (AvgIpc) is 2.63. The molecule has 0 amide bonds. The van der Waals surface area contributed by atoms with Crippen molar-refractivity contribution in [2.75, 3.05) is 5.32 Å². The minimum atomic E-state index is -0.140. The third-order valence-electron chi connectivity index (χ3n) is 3.92. The van der Waals surface area contributed by atoms with Crippen LogP contribution in [-0.4, -0.2) is 25.6 Å². The molecule has 2 aromatic rings. The third kappa shape index (κ3) is 2.81. The van der Waals surface area contributed by atoms with E-state index in [1.807, 2.05) is 6.92 Å². The van der Waals surface area contributed by atoms with Gasteiger partial charge in [0, 0.05) is 24.7 Å². The van der Waals surface area contributed by atoms with E-state index in [0.717, 1.165) is 29.8 Å². The molecule has 1 N–H and O–H groups in total. The van der Waals surface area contributed by atoms with Crippen LogP contribution in [0.25, 0.3) is 0 Å². The lowest BCUT2D eigenvalue weighted by Gasteiger charge is -2.27. The Balaban J connectivity index is 1.80. The van der Waals surface area contributed by atoms with Crippen LogP contribution in [0.2, 0.25) is 5.15 Å². The highest BCUT2D eigenvalue weighted by Gasteiger charge is 2.17. The maximum absolute atomic E-state index is 12.2. The van der Waals surface area contributed by atoms with Gasteiger partial charge in [-0.05, 0) is 26.2 Å². The summed E-state index contributed by atoms with van der Waals surface area (Å²) in [5.74, 6) is 0. The highest BCUT2D eigenvalue weighted by atomic mass is 35.5. The van der Waals surface area contributed by atoms with Crippen LogP contribution in [-0.2, 0) is 13.6 Å². The first-order chi connectivity index (χ1) is 10.0. The summed E-state index contributed by atoms with van der Waals surface area (Å²) in [6, 6.07) is 2.07. The van der Waals surface area contributed by atoms with Crippen LogP contribution < -0.4 is 10.9 Å². The summed E-state index contributed by atoms with van der Waals surface area (Å²) in [4.78, 5) is 12.2. The Hall–Kier alpha value is -1.82. The molecule has 21 heavy (non-hydrogen) atoms. The van der Waals surface area contributed by atoms with Gasteiger partial charge in [-0.15, -0.1) is 0 Å². The number of aryl methyl sites for hydroxylation is 2. The second-order valence-electron chi connectivity index (χ2n) is 5.49. The Labute approximate surface area is 127 Å². The first-order valence-corrected chi connectivity index (χ1v) is 7.44. The molecule has 1 fully saturated rings. The van der Waals surface area contributed by atoms with Crippen molar-refractivity contribution in [1.29, 1.82) is 0 Å². The zero-order chi connectivity index (χ0) is 15.0. The molecular weight excluding hydrogens is 290 g/mol. The Morgan fingerprint density at radius 2 is 2.24 bits per heavy atom.